The molecule has 1 aromatic carbocycles. The molecule has 24 heavy (non-hydrogen) atoms. The number of terminal acetylenes is 1. The van der Waals surface area contributed by atoms with Crippen LogP contribution in [0.3, 0.4) is 0 Å². The molecule has 3 aromatic rings. The number of pyridine rings is 1. The van der Waals surface area contributed by atoms with Crippen molar-refractivity contribution in [1.29, 1.82) is 0 Å². The highest BCUT2D eigenvalue weighted by atomic mass is 79.9. The van der Waals surface area contributed by atoms with Crippen LogP contribution in [0, 0.1) is 12.3 Å². The average Bonchev–Trinajstić information content (AvgIpc) is 3.17. The molecule has 0 saturated carbocycles. The van der Waals surface area contributed by atoms with Crippen LogP contribution in [0.1, 0.15) is 29.3 Å². The minimum Gasteiger partial charge on any atom is -0.306 e. The summed E-state index contributed by atoms with van der Waals surface area (Å²) < 4.78 is 3.10. The van der Waals surface area contributed by atoms with Crippen LogP contribution in [-0.2, 0) is 13.0 Å². The van der Waals surface area contributed by atoms with Crippen molar-refractivity contribution >= 4 is 21.6 Å². The zero-order valence-corrected chi connectivity index (χ0v) is 14.9. The molecular weight excluding hydrogens is 362 g/mol. The van der Waals surface area contributed by atoms with Gasteiger partial charge in [0.1, 0.15) is 5.65 Å². The minimum atomic E-state index is 0.383. The normalized spacial score (nSPS) is 16.5. The molecule has 0 spiro atoms. The predicted molar refractivity (Wildman–Crippen MR) is 99.6 cm³/mol. The summed E-state index contributed by atoms with van der Waals surface area (Å²) in [7, 11) is 0. The fourth-order valence-electron chi connectivity index (χ4n) is 3.61. The maximum Gasteiger partial charge on any atom is 0.137 e. The molecule has 0 aliphatic heterocycles. The van der Waals surface area contributed by atoms with E-state index in [0.29, 0.717) is 12.6 Å². The van der Waals surface area contributed by atoms with Gasteiger partial charge < -0.3 is 4.40 Å². The van der Waals surface area contributed by atoms with Gasteiger partial charge in [-0.3, -0.25) is 4.90 Å². The molecule has 1 aliphatic rings. The Morgan fingerprint density at radius 2 is 2.12 bits per heavy atom. The molecule has 0 amide bonds. The van der Waals surface area contributed by atoms with Crippen LogP contribution in [0.4, 0.5) is 0 Å². The van der Waals surface area contributed by atoms with Gasteiger partial charge in [0.05, 0.1) is 12.2 Å². The van der Waals surface area contributed by atoms with E-state index in [4.69, 9.17) is 11.4 Å². The summed E-state index contributed by atoms with van der Waals surface area (Å²) in [5, 5.41) is 0. The second kappa shape index (κ2) is 6.43. The third-order valence-electron chi connectivity index (χ3n) is 4.67. The monoisotopic (exact) mass is 379 g/mol. The van der Waals surface area contributed by atoms with Crippen LogP contribution in [0.15, 0.2) is 53.3 Å². The Labute approximate surface area is 150 Å². The Kier molecular flexibility index (Phi) is 4.13. The number of rotatable bonds is 4. The first-order valence-electron chi connectivity index (χ1n) is 8.13. The second-order valence-corrected chi connectivity index (χ2v) is 7.12. The third kappa shape index (κ3) is 2.86. The molecule has 0 fully saturated rings. The Bertz CT molecular complexity index is 922. The van der Waals surface area contributed by atoms with Crippen molar-refractivity contribution < 1.29 is 0 Å². The molecule has 1 unspecified atom stereocenters. The van der Waals surface area contributed by atoms with E-state index < -0.39 is 0 Å². The first kappa shape index (κ1) is 15.4. The SMILES string of the molecule is C#CCN(Cc1cn2cc(Br)ccc2n1)C1CCc2ccccc21. The summed E-state index contributed by atoms with van der Waals surface area (Å²) >= 11 is 3.50. The van der Waals surface area contributed by atoms with Gasteiger partial charge in [0.2, 0.25) is 0 Å². The fourth-order valence-corrected chi connectivity index (χ4v) is 3.96. The van der Waals surface area contributed by atoms with Crippen molar-refractivity contribution in [2.24, 2.45) is 0 Å². The van der Waals surface area contributed by atoms with Gasteiger partial charge in [-0.2, -0.15) is 0 Å². The summed E-state index contributed by atoms with van der Waals surface area (Å²) in [5.41, 5.74) is 4.87. The quantitative estimate of drug-likeness (QED) is 0.632. The molecule has 0 radical (unpaired) electrons. The van der Waals surface area contributed by atoms with E-state index in [1.807, 2.05) is 18.3 Å². The molecular formula is C20H18BrN3. The van der Waals surface area contributed by atoms with Gasteiger partial charge in [0.25, 0.3) is 0 Å². The number of hydrogen-bond donors (Lipinski definition) is 0. The van der Waals surface area contributed by atoms with E-state index in [1.165, 1.54) is 11.1 Å². The Morgan fingerprint density at radius 1 is 1.25 bits per heavy atom. The van der Waals surface area contributed by atoms with Gasteiger partial charge in [-0.15, -0.1) is 6.42 Å². The van der Waals surface area contributed by atoms with Gasteiger partial charge in [-0.25, -0.2) is 4.98 Å². The Balaban J connectivity index is 1.63. The molecule has 1 atom stereocenters. The Hall–Kier alpha value is -2.09. The smallest absolute Gasteiger partial charge is 0.137 e. The van der Waals surface area contributed by atoms with Crippen molar-refractivity contribution in [3.8, 4) is 12.3 Å². The van der Waals surface area contributed by atoms with Crippen LogP contribution in [0.25, 0.3) is 5.65 Å². The van der Waals surface area contributed by atoms with Gasteiger partial charge >= 0.3 is 0 Å². The molecule has 1 aliphatic carbocycles. The molecule has 0 N–H and O–H groups in total. The summed E-state index contributed by atoms with van der Waals surface area (Å²) in [6.07, 6.45) is 12.0. The number of benzene rings is 1. The van der Waals surface area contributed by atoms with Crippen molar-refractivity contribution in [1.82, 2.24) is 14.3 Å². The standard InChI is InChI=1S/C20H18BrN3/c1-2-11-23(19-9-7-15-5-3-4-6-18(15)19)13-17-14-24-12-16(21)8-10-20(24)22-17/h1,3-6,8,10,12,14,19H,7,9,11,13H2. The molecule has 0 saturated heterocycles. The molecule has 4 rings (SSSR count). The second-order valence-electron chi connectivity index (χ2n) is 6.21. The van der Waals surface area contributed by atoms with Crippen LogP contribution in [0.5, 0.6) is 0 Å². The number of nitrogens with zero attached hydrogens (tertiary/aromatic N) is 3. The van der Waals surface area contributed by atoms with Crippen LogP contribution < -0.4 is 0 Å². The molecule has 2 aromatic heterocycles. The Morgan fingerprint density at radius 3 is 3.00 bits per heavy atom. The third-order valence-corrected chi connectivity index (χ3v) is 5.14. The fraction of sp³-hybridized carbons (Fsp3) is 0.250. The lowest BCUT2D eigenvalue weighted by Gasteiger charge is -2.27. The number of hydrogen-bond acceptors (Lipinski definition) is 2. The van der Waals surface area contributed by atoms with E-state index in [-0.39, 0.29) is 0 Å². The molecule has 2 heterocycles. The lowest BCUT2D eigenvalue weighted by Crippen LogP contribution is -2.27. The maximum absolute atomic E-state index is 5.64. The van der Waals surface area contributed by atoms with E-state index in [9.17, 15) is 0 Å². The van der Waals surface area contributed by atoms with Gasteiger partial charge in [0.15, 0.2) is 0 Å². The number of aromatic nitrogens is 2. The van der Waals surface area contributed by atoms with Gasteiger partial charge in [-0.05, 0) is 52.0 Å². The average molecular weight is 380 g/mol. The number of fused-ring (bicyclic) bond motifs is 2. The van der Waals surface area contributed by atoms with Gasteiger partial charge in [-0.1, -0.05) is 30.2 Å². The lowest BCUT2D eigenvalue weighted by atomic mass is 10.1. The molecule has 120 valence electrons. The van der Waals surface area contributed by atoms with Crippen molar-refractivity contribution in [2.75, 3.05) is 6.54 Å². The van der Waals surface area contributed by atoms with Crippen molar-refractivity contribution in [2.45, 2.75) is 25.4 Å². The van der Waals surface area contributed by atoms with Crippen molar-refractivity contribution in [3.63, 3.8) is 0 Å². The number of aryl methyl sites for hydroxylation is 1. The minimum absolute atomic E-state index is 0.383. The number of imidazole rings is 1. The highest BCUT2D eigenvalue weighted by molar-refractivity contribution is 9.10. The predicted octanol–water partition coefficient (Wildman–Crippen LogP) is 4.22. The zero-order valence-electron chi connectivity index (χ0n) is 13.3. The molecule has 0 bridgehead atoms. The molecule has 3 nitrogen and oxygen atoms in total. The van der Waals surface area contributed by atoms with Gasteiger partial charge in [0, 0.05) is 29.5 Å². The first-order chi connectivity index (χ1) is 11.7. The van der Waals surface area contributed by atoms with E-state index in [2.05, 4.69) is 61.6 Å². The summed E-state index contributed by atoms with van der Waals surface area (Å²) in [4.78, 5) is 7.10. The van der Waals surface area contributed by atoms with E-state index >= 15 is 0 Å². The topological polar surface area (TPSA) is 20.5 Å². The van der Waals surface area contributed by atoms with Crippen molar-refractivity contribution in [3.05, 3.63) is 70.1 Å². The summed E-state index contributed by atoms with van der Waals surface area (Å²) in [5.74, 6) is 2.82. The first-order valence-corrected chi connectivity index (χ1v) is 8.92. The molecule has 4 heteroatoms. The van der Waals surface area contributed by atoms with Crippen LogP contribution >= 0.6 is 15.9 Å². The zero-order chi connectivity index (χ0) is 16.5. The number of halogens is 1. The highest BCUT2D eigenvalue weighted by Crippen LogP contribution is 2.36. The highest BCUT2D eigenvalue weighted by Gasteiger charge is 2.27. The van der Waals surface area contributed by atoms with E-state index in [1.54, 1.807) is 0 Å². The summed E-state index contributed by atoms with van der Waals surface area (Å²) in [6.45, 7) is 1.40. The van der Waals surface area contributed by atoms with Crippen LogP contribution in [0.2, 0.25) is 0 Å². The largest absolute Gasteiger partial charge is 0.306 e. The summed E-state index contributed by atoms with van der Waals surface area (Å²) in [6, 6.07) is 13.1. The van der Waals surface area contributed by atoms with E-state index in [0.717, 1.165) is 35.2 Å². The maximum atomic E-state index is 5.64. The lowest BCUT2D eigenvalue weighted by molar-refractivity contribution is 0.211. The van der Waals surface area contributed by atoms with Crippen LogP contribution in [-0.4, -0.2) is 20.8 Å².